The molecule has 4 heteroatoms. The molecule has 14 heavy (non-hydrogen) atoms. The highest BCUT2D eigenvalue weighted by molar-refractivity contribution is 7.53. The highest BCUT2D eigenvalue weighted by Gasteiger charge is 2.22. The van der Waals surface area contributed by atoms with Gasteiger partial charge in [-0.3, -0.25) is 0 Å². The summed E-state index contributed by atoms with van der Waals surface area (Å²) < 4.78 is 16.6. The molecule has 1 aromatic rings. The third-order valence-corrected chi connectivity index (χ3v) is 3.27. The number of benzene rings is 1. The smallest absolute Gasteiger partial charge is 0.376 e. The maximum absolute atomic E-state index is 11.5. The van der Waals surface area contributed by atoms with Crippen molar-refractivity contribution in [2.75, 3.05) is 6.16 Å². The summed E-state index contributed by atoms with van der Waals surface area (Å²) in [7, 11) is -3.47. The van der Waals surface area contributed by atoms with Crippen molar-refractivity contribution in [1.29, 1.82) is 0 Å². The summed E-state index contributed by atoms with van der Waals surface area (Å²) in [5, 5.41) is 0. The van der Waals surface area contributed by atoms with E-state index in [1.165, 1.54) is 0 Å². The van der Waals surface area contributed by atoms with Gasteiger partial charge in [-0.2, -0.15) is 0 Å². The summed E-state index contributed by atoms with van der Waals surface area (Å²) in [6, 6.07) is 8.71. The SMILES string of the molecule is CC(C)CP(=O)(O)Oc1ccccc1. The van der Waals surface area contributed by atoms with Crippen LogP contribution in [0, 0.1) is 5.92 Å². The van der Waals surface area contributed by atoms with Gasteiger partial charge in [-0.15, -0.1) is 0 Å². The average Bonchev–Trinajstić information content (AvgIpc) is 2.02. The molecule has 1 atom stereocenters. The molecule has 0 heterocycles. The van der Waals surface area contributed by atoms with Crippen molar-refractivity contribution in [2.45, 2.75) is 13.8 Å². The summed E-state index contributed by atoms with van der Waals surface area (Å²) in [5.74, 6) is 0.591. The van der Waals surface area contributed by atoms with Crippen LogP contribution in [0.25, 0.3) is 0 Å². The second-order valence-corrected chi connectivity index (χ2v) is 5.44. The van der Waals surface area contributed by atoms with Gasteiger partial charge in [0.1, 0.15) is 5.75 Å². The zero-order chi connectivity index (χ0) is 10.6. The number of hydrogen-bond acceptors (Lipinski definition) is 2. The minimum atomic E-state index is -3.47. The van der Waals surface area contributed by atoms with E-state index in [9.17, 15) is 9.46 Å². The van der Waals surface area contributed by atoms with Crippen molar-refractivity contribution in [1.82, 2.24) is 0 Å². The van der Waals surface area contributed by atoms with Gasteiger partial charge in [-0.1, -0.05) is 32.0 Å². The molecule has 1 aromatic carbocycles. The molecule has 0 radical (unpaired) electrons. The van der Waals surface area contributed by atoms with Crippen LogP contribution in [0.5, 0.6) is 5.75 Å². The Hall–Kier alpha value is -0.790. The zero-order valence-electron chi connectivity index (χ0n) is 8.38. The molecule has 3 nitrogen and oxygen atoms in total. The lowest BCUT2D eigenvalue weighted by atomic mass is 10.3. The molecule has 0 aliphatic rings. The van der Waals surface area contributed by atoms with Crippen molar-refractivity contribution in [3.05, 3.63) is 30.3 Å². The largest absolute Gasteiger partial charge is 0.424 e. The molecule has 0 aliphatic carbocycles. The summed E-state index contributed by atoms with van der Waals surface area (Å²) in [4.78, 5) is 9.47. The Labute approximate surface area is 84.3 Å². The Kier molecular flexibility index (Phi) is 3.73. The van der Waals surface area contributed by atoms with Crippen LogP contribution in [-0.2, 0) is 4.57 Å². The van der Waals surface area contributed by atoms with Crippen LogP contribution in [0.15, 0.2) is 30.3 Å². The maximum atomic E-state index is 11.5. The highest BCUT2D eigenvalue weighted by atomic mass is 31.2. The molecule has 1 rings (SSSR count). The van der Waals surface area contributed by atoms with Crippen LogP contribution in [-0.4, -0.2) is 11.1 Å². The van der Waals surface area contributed by atoms with Crippen molar-refractivity contribution in [3.8, 4) is 5.75 Å². The van der Waals surface area contributed by atoms with Gasteiger partial charge in [0, 0.05) is 0 Å². The van der Waals surface area contributed by atoms with E-state index in [0.717, 1.165) is 0 Å². The second kappa shape index (κ2) is 4.63. The average molecular weight is 214 g/mol. The third-order valence-electron chi connectivity index (χ3n) is 1.59. The molecule has 0 spiro atoms. The molecule has 0 saturated carbocycles. The van der Waals surface area contributed by atoms with E-state index in [1.807, 2.05) is 19.9 Å². The van der Waals surface area contributed by atoms with E-state index in [4.69, 9.17) is 4.52 Å². The first-order valence-electron chi connectivity index (χ1n) is 4.56. The van der Waals surface area contributed by atoms with E-state index in [0.29, 0.717) is 5.75 Å². The minimum absolute atomic E-state index is 0.148. The van der Waals surface area contributed by atoms with E-state index >= 15 is 0 Å². The Morgan fingerprint density at radius 2 is 1.93 bits per heavy atom. The summed E-state index contributed by atoms with van der Waals surface area (Å²) >= 11 is 0. The van der Waals surface area contributed by atoms with E-state index < -0.39 is 7.60 Å². The molecule has 0 aromatic heterocycles. The lowest BCUT2D eigenvalue weighted by molar-refractivity contribution is 0.372. The second-order valence-electron chi connectivity index (χ2n) is 3.62. The Morgan fingerprint density at radius 3 is 2.43 bits per heavy atom. The summed E-state index contributed by atoms with van der Waals surface area (Å²) in [6.07, 6.45) is 0.182. The molecule has 0 bridgehead atoms. The normalized spacial score (nSPS) is 15.1. The highest BCUT2D eigenvalue weighted by Crippen LogP contribution is 2.43. The van der Waals surface area contributed by atoms with E-state index in [1.54, 1.807) is 24.3 Å². The first kappa shape index (κ1) is 11.3. The lowest BCUT2D eigenvalue weighted by Crippen LogP contribution is -2.02. The Bertz CT molecular complexity index is 321. The molecule has 0 aliphatic heterocycles. The van der Waals surface area contributed by atoms with Gasteiger partial charge in [0.05, 0.1) is 6.16 Å². The van der Waals surface area contributed by atoms with Crippen molar-refractivity contribution in [3.63, 3.8) is 0 Å². The summed E-state index contributed by atoms with van der Waals surface area (Å²) in [6.45, 7) is 3.77. The van der Waals surface area contributed by atoms with Crippen LogP contribution in [0.3, 0.4) is 0 Å². The van der Waals surface area contributed by atoms with E-state index in [2.05, 4.69) is 0 Å². The predicted octanol–water partition coefficient (Wildman–Crippen LogP) is 2.91. The van der Waals surface area contributed by atoms with E-state index in [-0.39, 0.29) is 12.1 Å². The quantitative estimate of drug-likeness (QED) is 0.784. The molecule has 1 unspecified atom stereocenters. The standard InChI is InChI=1S/C10H15O3P/c1-9(2)8-14(11,12)13-10-6-4-3-5-7-10/h3-7,9H,8H2,1-2H3,(H,11,12). The van der Waals surface area contributed by atoms with Gasteiger partial charge in [0.25, 0.3) is 0 Å². The molecule has 0 saturated heterocycles. The molecule has 0 amide bonds. The lowest BCUT2D eigenvalue weighted by Gasteiger charge is -2.14. The third kappa shape index (κ3) is 3.95. The van der Waals surface area contributed by atoms with Gasteiger partial charge in [0.2, 0.25) is 0 Å². The zero-order valence-corrected chi connectivity index (χ0v) is 9.28. The van der Waals surface area contributed by atoms with Gasteiger partial charge in [0.15, 0.2) is 0 Å². The maximum Gasteiger partial charge on any atom is 0.376 e. The fraction of sp³-hybridized carbons (Fsp3) is 0.400. The molecular formula is C10H15O3P. The molecule has 78 valence electrons. The van der Waals surface area contributed by atoms with Gasteiger partial charge >= 0.3 is 7.60 Å². The Morgan fingerprint density at radius 1 is 1.36 bits per heavy atom. The van der Waals surface area contributed by atoms with Crippen LogP contribution >= 0.6 is 7.60 Å². The van der Waals surface area contributed by atoms with Crippen LogP contribution in [0.2, 0.25) is 0 Å². The fourth-order valence-corrected chi connectivity index (χ4v) is 2.59. The van der Waals surface area contributed by atoms with Gasteiger partial charge in [-0.25, -0.2) is 4.57 Å². The first-order chi connectivity index (χ1) is 6.49. The fourth-order valence-electron chi connectivity index (χ4n) is 1.14. The monoisotopic (exact) mass is 214 g/mol. The molecule has 0 fully saturated rings. The molecule has 1 N–H and O–H groups in total. The topological polar surface area (TPSA) is 46.5 Å². The van der Waals surface area contributed by atoms with Gasteiger partial charge < -0.3 is 9.42 Å². The summed E-state index contributed by atoms with van der Waals surface area (Å²) in [5.41, 5.74) is 0. The number of rotatable bonds is 4. The van der Waals surface area contributed by atoms with Crippen LogP contribution < -0.4 is 4.52 Å². The van der Waals surface area contributed by atoms with Gasteiger partial charge in [-0.05, 0) is 18.1 Å². The first-order valence-corrected chi connectivity index (χ1v) is 6.32. The minimum Gasteiger partial charge on any atom is -0.424 e. The predicted molar refractivity (Wildman–Crippen MR) is 56.6 cm³/mol. The van der Waals surface area contributed by atoms with Crippen molar-refractivity contribution >= 4 is 7.60 Å². The molecular weight excluding hydrogens is 199 g/mol. The number of para-hydroxylation sites is 1. The van der Waals surface area contributed by atoms with Crippen molar-refractivity contribution in [2.24, 2.45) is 5.92 Å². The Balaban J connectivity index is 2.64. The van der Waals surface area contributed by atoms with Crippen LogP contribution in [0.1, 0.15) is 13.8 Å². The van der Waals surface area contributed by atoms with Crippen molar-refractivity contribution < 1.29 is 14.0 Å². The van der Waals surface area contributed by atoms with Crippen LogP contribution in [0.4, 0.5) is 0 Å². The number of hydrogen-bond donors (Lipinski definition) is 1.